The maximum atomic E-state index is 12.7. The van der Waals surface area contributed by atoms with Gasteiger partial charge in [0.15, 0.2) is 5.78 Å². The molecule has 2 fully saturated rings. The molecule has 0 aromatic heterocycles. The molecule has 21 heavy (non-hydrogen) atoms. The van der Waals surface area contributed by atoms with Gasteiger partial charge in [-0.2, -0.15) is 0 Å². The van der Waals surface area contributed by atoms with Gasteiger partial charge in [-0.05, 0) is 50.4 Å². The first-order valence-corrected chi connectivity index (χ1v) is 7.71. The minimum Gasteiger partial charge on any atom is -0.481 e. The Kier molecular flexibility index (Phi) is 4.70. The zero-order chi connectivity index (χ0) is 15.8. The van der Waals surface area contributed by atoms with Gasteiger partial charge in [0.25, 0.3) is 0 Å². The van der Waals surface area contributed by atoms with Crippen LogP contribution in [-0.4, -0.2) is 40.2 Å². The number of nitrogens with two attached hydrogens (primary N) is 2. The van der Waals surface area contributed by atoms with Gasteiger partial charge in [0.1, 0.15) is 0 Å². The van der Waals surface area contributed by atoms with Crippen molar-refractivity contribution in [1.29, 1.82) is 0 Å². The van der Waals surface area contributed by atoms with E-state index in [0.717, 1.165) is 32.1 Å². The van der Waals surface area contributed by atoms with E-state index in [1.165, 1.54) is 0 Å². The lowest BCUT2D eigenvalue weighted by Crippen LogP contribution is -2.55. The van der Waals surface area contributed by atoms with Gasteiger partial charge in [-0.15, -0.1) is 0 Å². The van der Waals surface area contributed by atoms with Crippen LogP contribution in [0.15, 0.2) is 0 Å². The molecule has 0 aliphatic heterocycles. The summed E-state index contributed by atoms with van der Waals surface area (Å²) in [6, 6.07) is -1.74. The van der Waals surface area contributed by atoms with Gasteiger partial charge in [0.2, 0.25) is 0 Å². The molecular formula is C15H26N2O4. The third-order valence-corrected chi connectivity index (χ3v) is 5.46. The van der Waals surface area contributed by atoms with Crippen LogP contribution in [0, 0.1) is 17.3 Å². The highest BCUT2D eigenvalue weighted by Crippen LogP contribution is 2.59. The summed E-state index contributed by atoms with van der Waals surface area (Å²) in [5.41, 5.74) is 11.7. The summed E-state index contributed by atoms with van der Waals surface area (Å²) in [5.74, 6) is -1.29. The molecule has 2 saturated carbocycles. The lowest BCUT2D eigenvalue weighted by Gasteiger charge is -2.40. The zero-order valence-electron chi connectivity index (χ0n) is 12.5. The fourth-order valence-corrected chi connectivity index (χ4v) is 4.37. The van der Waals surface area contributed by atoms with E-state index in [4.69, 9.17) is 16.6 Å². The molecule has 120 valence electrons. The number of aliphatic carboxylic acids is 1. The number of hydrogen-bond acceptors (Lipinski definition) is 5. The van der Waals surface area contributed by atoms with Gasteiger partial charge < -0.3 is 21.7 Å². The fraction of sp³-hybridized carbons (Fsp3) is 0.867. The maximum Gasteiger partial charge on any atom is 0.305 e. The van der Waals surface area contributed by atoms with Gasteiger partial charge in [0, 0.05) is 12.0 Å². The molecule has 2 bridgehead atoms. The van der Waals surface area contributed by atoms with Crippen LogP contribution >= 0.6 is 0 Å². The van der Waals surface area contributed by atoms with Crippen molar-refractivity contribution < 1.29 is 19.8 Å². The van der Waals surface area contributed by atoms with Crippen molar-refractivity contribution in [2.45, 2.75) is 63.6 Å². The van der Waals surface area contributed by atoms with Crippen molar-refractivity contribution in [2.75, 3.05) is 0 Å². The third kappa shape index (κ3) is 3.12. The molecule has 4 atom stereocenters. The van der Waals surface area contributed by atoms with Gasteiger partial charge in [0.05, 0.1) is 18.6 Å². The summed E-state index contributed by atoms with van der Waals surface area (Å²) in [6.45, 7) is 1.58. The van der Waals surface area contributed by atoms with Crippen molar-refractivity contribution in [1.82, 2.24) is 0 Å². The van der Waals surface area contributed by atoms with Crippen LogP contribution in [0.5, 0.6) is 0 Å². The summed E-state index contributed by atoms with van der Waals surface area (Å²) in [4.78, 5) is 23.5. The lowest BCUT2D eigenvalue weighted by molar-refractivity contribution is -0.141. The Balaban J connectivity index is 2.24. The monoisotopic (exact) mass is 298 g/mol. The molecule has 0 aromatic carbocycles. The van der Waals surface area contributed by atoms with Crippen LogP contribution in [-0.2, 0) is 9.59 Å². The second-order valence-electron chi connectivity index (χ2n) is 6.91. The zero-order valence-corrected chi connectivity index (χ0v) is 12.5. The van der Waals surface area contributed by atoms with E-state index in [1.54, 1.807) is 6.92 Å². The normalized spacial score (nSPS) is 33.4. The molecule has 0 radical (unpaired) electrons. The van der Waals surface area contributed by atoms with Crippen LogP contribution in [0.4, 0.5) is 0 Å². The average molecular weight is 298 g/mol. The number of hydrogen-bond donors (Lipinski definition) is 4. The number of aliphatic hydroxyl groups is 1. The van der Waals surface area contributed by atoms with Crippen molar-refractivity contribution in [2.24, 2.45) is 28.7 Å². The van der Waals surface area contributed by atoms with Crippen molar-refractivity contribution >= 4 is 11.8 Å². The minimum atomic E-state index is -1.09. The van der Waals surface area contributed by atoms with Crippen molar-refractivity contribution in [3.63, 3.8) is 0 Å². The Morgan fingerprint density at radius 1 is 1.29 bits per heavy atom. The van der Waals surface area contributed by atoms with E-state index < -0.39 is 30.1 Å². The first-order valence-electron chi connectivity index (χ1n) is 7.71. The second kappa shape index (κ2) is 6.02. The highest BCUT2D eigenvalue weighted by Gasteiger charge is 2.54. The first-order chi connectivity index (χ1) is 9.77. The highest BCUT2D eigenvalue weighted by molar-refractivity contribution is 5.90. The predicted octanol–water partition coefficient (Wildman–Crippen LogP) is 0.262. The molecule has 4 unspecified atom stereocenters. The smallest absolute Gasteiger partial charge is 0.305 e. The Morgan fingerprint density at radius 3 is 2.24 bits per heavy atom. The number of carboxylic acid groups (broad SMARTS) is 1. The van der Waals surface area contributed by atoms with E-state index >= 15 is 0 Å². The maximum absolute atomic E-state index is 12.7. The highest BCUT2D eigenvalue weighted by atomic mass is 16.4. The van der Waals surface area contributed by atoms with Crippen LogP contribution < -0.4 is 11.5 Å². The molecule has 2 rings (SSSR count). The van der Waals surface area contributed by atoms with Crippen LogP contribution in [0.3, 0.4) is 0 Å². The number of carbonyl (C=O) groups is 2. The molecule has 0 saturated heterocycles. The first kappa shape index (κ1) is 16.4. The van der Waals surface area contributed by atoms with Crippen LogP contribution in [0.25, 0.3) is 0 Å². The van der Waals surface area contributed by atoms with E-state index in [2.05, 4.69) is 0 Å². The van der Waals surface area contributed by atoms with Gasteiger partial charge in [-0.3, -0.25) is 9.59 Å². The van der Waals surface area contributed by atoms with Crippen LogP contribution in [0.1, 0.15) is 45.4 Å². The second-order valence-corrected chi connectivity index (χ2v) is 6.91. The van der Waals surface area contributed by atoms with Crippen molar-refractivity contribution in [3.8, 4) is 0 Å². The standard InChI is InChI=1S/C15H26N2O4/c1-8(18)13(17)12(14(21)10(16)6-11(19)20)15-4-2-9(7-15)3-5-15/h8-10,12-13,18H,2-7,16-17H2,1H3,(H,19,20). The van der Waals surface area contributed by atoms with E-state index in [1.807, 2.05) is 0 Å². The van der Waals surface area contributed by atoms with E-state index in [-0.39, 0.29) is 17.6 Å². The minimum absolute atomic E-state index is 0.186. The molecule has 0 heterocycles. The summed E-state index contributed by atoms with van der Waals surface area (Å²) in [5, 5.41) is 18.7. The quantitative estimate of drug-likeness (QED) is 0.534. The molecule has 6 nitrogen and oxygen atoms in total. The molecule has 0 aromatic rings. The topological polar surface area (TPSA) is 127 Å². The number of carbonyl (C=O) groups excluding carboxylic acids is 1. The van der Waals surface area contributed by atoms with E-state index in [0.29, 0.717) is 5.92 Å². The molecule has 2 aliphatic carbocycles. The summed E-state index contributed by atoms with van der Waals surface area (Å²) in [7, 11) is 0. The number of rotatable bonds is 7. The number of carboxylic acids is 1. The SMILES string of the molecule is CC(O)C(N)C(C(=O)C(N)CC(=O)O)C12CCC(CC1)C2. The number of ketones is 1. The molecule has 6 N–H and O–H groups in total. The van der Waals surface area contributed by atoms with Crippen LogP contribution in [0.2, 0.25) is 0 Å². The number of fused-ring (bicyclic) bond motifs is 2. The fourth-order valence-electron chi connectivity index (χ4n) is 4.37. The number of aliphatic hydroxyl groups excluding tert-OH is 1. The Labute approximate surface area is 124 Å². The Bertz CT molecular complexity index is 416. The Hall–Kier alpha value is -0.980. The lowest BCUT2D eigenvalue weighted by atomic mass is 9.66. The molecule has 6 heteroatoms. The number of Topliss-reactive ketones (excluding diaryl/α,β-unsaturated/α-hetero) is 1. The van der Waals surface area contributed by atoms with Gasteiger partial charge in [-0.25, -0.2) is 0 Å². The Morgan fingerprint density at radius 2 is 1.86 bits per heavy atom. The molecule has 2 aliphatic rings. The van der Waals surface area contributed by atoms with Gasteiger partial charge in [-0.1, -0.05) is 0 Å². The van der Waals surface area contributed by atoms with Crippen molar-refractivity contribution in [3.05, 3.63) is 0 Å². The van der Waals surface area contributed by atoms with E-state index in [9.17, 15) is 14.7 Å². The van der Waals surface area contributed by atoms with Gasteiger partial charge >= 0.3 is 5.97 Å². The summed E-state index contributed by atoms with van der Waals surface area (Å²) in [6.07, 6.45) is 3.77. The predicted molar refractivity (Wildman–Crippen MR) is 77.4 cm³/mol. The average Bonchev–Trinajstić information content (AvgIpc) is 2.98. The molecule has 0 amide bonds. The third-order valence-electron chi connectivity index (χ3n) is 5.46. The molecule has 0 spiro atoms. The largest absolute Gasteiger partial charge is 0.481 e. The summed E-state index contributed by atoms with van der Waals surface area (Å²) >= 11 is 0. The molecular weight excluding hydrogens is 272 g/mol. The summed E-state index contributed by atoms with van der Waals surface area (Å²) < 4.78 is 0.